The van der Waals surface area contributed by atoms with Gasteiger partial charge >= 0.3 is 0 Å². The third-order valence-corrected chi connectivity index (χ3v) is 1.75. The van der Waals surface area contributed by atoms with Gasteiger partial charge in [0.1, 0.15) is 5.78 Å². The van der Waals surface area contributed by atoms with Gasteiger partial charge in [-0.3, -0.25) is 4.79 Å². The number of ketones is 1. The Hall–Kier alpha value is -1.71. The highest BCUT2D eigenvalue weighted by Gasteiger charge is 2.00. The fourth-order valence-corrected chi connectivity index (χ4v) is 1.21. The second-order valence-electron chi connectivity index (χ2n) is 2.93. The van der Waals surface area contributed by atoms with Crippen LogP contribution in [-0.4, -0.2) is 20.4 Å². The van der Waals surface area contributed by atoms with Crippen molar-refractivity contribution in [3.05, 3.63) is 30.2 Å². The van der Waals surface area contributed by atoms with Crippen molar-refractivity contribution in [3.63, 3.8) is 0 Å². The highest BCUT2D eigenvalue weighted by molar-refractivity contribution is 5.77. The molecule has 0 fully saturated rings. The number of hydrogen-bond acceptors (Lipinski definition) is 3. The smallest absolute Gasteiger partial charge is 0.155 e. The molecular formula is C9H9N3O. The maximum atomic E-state index is 10.8. The molecule has 0 N–H and O–H groups in total. The van der Waals surface area contributed by atoms with E-state index in [1.807, 2.05) is 6.07 Å². The monoisotopic (exact) mass is 175 g/mol. The summed E-state index contributed by atoms with van der Waals surface area (Å²) in [6, 6.07) is 3.62. The second-order valence-corrected chi connectivity index (χ2v) is 2.93. The van der Waals surface area contributed by atoms with Crippen molar-refractivity contribution in [2.75, 3.05) is 0 Å². The lowest BCUT2D eigenvalue weighted by molar-refractivity contribution is -0.116. The Morgan fingerprint density at radius 2 is 2.38 bits per heavy atom. The molecule has 2 aromatic heterocycles. The molecule has 0 saturated heterocycles. The number of hydrogen-bond donors (Lipinski definition) is 0. The average Bonchev–Trinajstić information content (AvgIpc) is 2.49. The van der Waals surface area contributed by atoms with Crippen LogP contribution in [-0.2, 0) is 11.2 Å². The molecule has 0 radical (unpaired) electrons. The predicted molar refractivity (Wildman–Crippen MR) is 47.4 cm³/mol. The largest absolute Gasteiger partial charge is 0.300 e. The molecule has 0 aliphatic heterocycles. The van der Waals surface area contributed by atoms with Gasteiger partial charge in [0.15, 0.2) is 5.65 Å². The Bertz CT molecular complexity index is 447. The van der Waals surface area contributed by atoms with Crippen molar-refractivity contribution in [1.82, 2.24) is 14.6 Å². The van der Waals surface area contributed by atoms with Gasteiger partial charge in [-0.1, -0.05) is 0 Å². The number of carbonyl (C=O) groups is 1. The molecule has 0 aliphatic rings. The Balaban J connectivity index is 2.42. The van der Waals surface area contributed by atoms with Crippen molar-refractivity contribution >= 4 is 11.4 Å². The molecule has 2 aromatic rings. The SMILES string of the molecule is CC(=O)Cc1ccn2nccc2n1. The Morgan fingerprint density at radius 1 is 1.54 bits per heavy atom. The molecule has 4 heteroatoms. The molecule has 0 spiro atoms. The Kier molecular flexibility index (Phi) is 1.81. The maximum absolute atomic E-state index is 10.8. The van der Waals surface area contributed by atoms with Crippen molar-refractivity contribution in [3.8, 4) is 0 Å². The zero-order valence-electron chi connectivity index (χ0n) is 7.27. The first-order valence-electron chi connectivity index (χ1n) is 4.04. The molecule has 66 valence electrons. The molecule has 0 aliphatic carbocycles. The molecule has 2 rings (SSSR count). The number of nitrogens with zero attached hydrogens (tertiary/aromatic N) is 3. The van der Waals surface area contributed by atoms with Gasteiger partial charge in [0.2, 0.25) is 0 Å². The lowest BCUT2D eigenvalue weighted by Gasteiger charge is -1.97. The Labute approximate surface area is 75.2 Å². The molecule has 2 heterocycles. The highest BCUT2D eigenvalue weighted by Crippen LogP contribution is 2.01. The van der Waals surface area contributed by atoms with Crippen molar-refractivity contribution in [1.29, 1.82) is 0 Å². The van der Waals surface area contributed by atoms with Gasteiger partial charge in [-0.15, -0.1) is 0 Å². The lowest BCUT2D eigenvalue weighted by Crippen LogP contribution is -2.00. The van der Waals surface area contributed by atoms with Gasteiger partial charge in [0, 0.05) is 18.7 Å². The normalized spacial score (nSPS) is 10.5. The first-order valence-corrected chi connectivity index (χ1v) is 4.04. The van der Waals surface area contributed by atoms with Crippen LogP contribution in [0.2, 0.25) is 0 Å². The lowest BCUT2D eigenvalue weighted by atomic mass is 10.2. The minimum absolute atomic E-state index is 0.122. The van der Waals surface area contributed by atoms with Crippen LogP contribution in [0.25, 0.3) is 5.65 Å². The average molecular weight is 175 g/mol. The van der Waals surface area contributed by atoms with E-state index in [9.17, 15) is 4.79 Å². The summed E-state index contributed by atoms with van der Waals surface area (Å²) in [5, 5.41) is 4.01. The number of carbonyl (C=O) groups excluding carboxylic acids is 1. The van der Waals surface area contributed by atoms with E-state index < -0.39 is 0 Å². The van der Waals surface area contributed by atoms with Crippen molar-refractivity contribution < 1.29 is 4.79 Å². The summed E-state index contributed by atoms with van der Waals surface area (Å²) in [5.74, 6) is 0.122. The minimum Gasteiger partial charge on any atom is -0.300 e. The number of rotatable bonds is 2. The molecule has 0 saturated carbocycles. The topological polar surface area (TPSA) is 47.3 Å². The molecule has 13 heavy (non-hydrogen) atoms. The van der Waals surface area contributed by atoms with Crippen LogP contribution < -0.4 is 0 Å². The van der Waals surface area contributed by atoms with E-state index in [1.165, 1.54) is 0 Å². The van der Waals surface area contributed by atoms with E-state index in [-0.39, 0.29) is 5.78 Å². The van der Waals surface area contributed by atoms with Gasteiger partial charge in [0.05, 0.1) is 11.9 Å². The van der Waals surface area contributed by atoms with E-state index in [0.717, 1.165) is 11.3 Å². The fourth-order valence-electron chi connectivity index (χ4n) is 1.21. The van der Waals surface area contributed by atoms with Gasteiger partial charge in [-0.2, -0.15) is 5.10 Å². The molecule has 0 unspecified atom stereocenters. The summed E-state index contributed by atoms with van der Waals surface area (Å²) in [5.41, 5.74) is 1.57. The van der Waals surface area contributed by atoms with E-state index in [1.54, 1.807) is 29.9 Å². The van der Waals surface area contributed by atoms with Crippen LogP contribution in [0.1, 0.15) is 12.6 Å². The van der Waals surface area contributed by atoms with Crippen LogP contribution in [0, 0.1) is 0 Å². The summed E-state index contributed by atoms with van der Waals surface area (Å²) in [6.07, 6.45) is 3.88. The maximum Gasteiger partial charge on any atom is 0.155 e. The fraction of sp³-hybridized carbons (Fsp3) is 0.222. The number of Topliss-reactive ketones (excluding diaryl/α,β-unsaturated/α-hetero) is 1. The quantitative estimate of drug-likeness (QED) is 0.680. The van der Waals surface area contributed by atoms with Gasteiger partial charge < -0.3 is 0 Å². The van der Waals surface area contributed by atoms with Crippen molar-refractivity contribution in [2.24, 2.45) is 0 Å². The molecule has 0 amide bonds. The van der Waals surface area contributed by atoms with Gasteiger partial charge in [-0.05, 0) is 13.0 Å². The third-order valence-electron chi connectivity index (χ3n) is 1.75. The number of aromatic nitrogens is 3. The molecule has 4 nitrogen and oxygen atoms in total. The first kappa shape index (κ1) is 7.91. The van der Waals surface area contributed by atoms with E-state index in [4.69, 9.17) is 0 Å². The molecular weight excluding hydrogens is 166 g/mol. The third kappa shape index (κ3) is 1.56. The first-order chi connectivity index (χ1) is 6.25. The standard InChI is InChI=1S/C9H9N3O/c1-7(13)6-8-3-5-12-9(11-8)2-4-10-12/h2-5H,6H2,1H3. The van der Waals surface area contributed by atoms with Gasteiger partial charge in [0.25, 0.3) is 0 Å². The molecule has 0 aromatic carbocycles. The van der Waals surface area contributed by atoms with E-state index in [2.05, 4.69) is 10.1 Å². The Morgan fingerprint density at radius 3 is 3.15 bits per heavy atom. The van der Waals surface area contributed by atoms with Crippen LogP contribution in [0.4, 0.5) is 0 Å². The van der Waals surface area contributed by atoms with Crippen LogP contribution in [0.15, 0.2) is 24.5 Å². The number of fused-ring (bicyclic) bond motifs is 1. The molecule has 0 atom stereocenters. The van der Waals surface area contributed by atoms with Crippen LogP contribution >= 0.6 is 0 Å². The summed E-state index contributed by atoms with van der Waals surface area (Å²) in [7, 11) is 0. The zero-order chi connectivity index (χ0) is 9.26. The highest BCUT2D eigenvalue weighted by atomic mass is 16.1. The predicted octanol–water partition coefficient (Wildman–Crippen LogP) is 0.861. The molecule has 0 bridgehead atoms. The van der Waals surface area contributed by atoms with Crippen LogP contribution in [0.3, 0.4) is 0 Å². The summed E-state index contributed by atoms with van der Waals surface area (Å²) in [4.78, 5) is 15.1. The summed E-state index contributed by atoms with van der Waals surface area (Å²) in [6.45, 7) is 1.56. The minimum atomic E-state index is 0.122. The van der Waals surface area contributed by atoms with E-state index >= 15 is 0 Å². The zero-order valence-corrected chi connectivity index (χ0v) is 7.27. The van der Waals surface area contributed by atoms with Crippen LogP contribution in [0.5, 0.6) is 0 Å². The second kappa shape index (κ2) is 2.97. The summed E-state index contributed by atoms with van der Waals surface area (Å²) < 4.78 is 1.67. The van der Waals surface area contributed by atoms with Crippen molar-refractivity contribution in [2.45, 2.75) is 13.3 Å². The summed E-state index contributed by atoms with van der Waals surface area (Å²) >= 11 is 0. The van der Waals surface area contributed by atoms with Gasteiger partial charge in [-0.25, -0.2) is 9.50 Å². The van der Waals surface area contributed by atoms with E-state index in [0.29, 0.717) is 6.42 Å².